The summed E-state index contributed by atoms with van der Waals surface area (Å²) in [5.74, 6) is 0. The summed E-state index contributed by atoms with van der Waals surface area (Å²) in [5, 5.41) is 0. The van der Waals surface area contributed by atoms with Crippen molar-refractivity contribution in [2.45, 2.75) is 32.7 Å². The van der Waals surface area contributed by atoms with Crippen LogP contribution in [-0.4, -0.2) is 29.3 Å². The molecule has 15 heavy (non-hydrogen) atoms. The van der Waals surface area contributed by atoms with Gasteiger partial charge in [-0.25, -0.2) is 20.4 Å². The molecule has 0 aliphatic rings. The molecule has 0 aliphatic heterocycles. The Morgan fingerprint density at radius 1 is 1.00 bits per heavy atom. The van der Waals surface area contributed by atoms with E-state index in [2.05, 4.69) is 20.8 Å². The summed E-state index contributed by atoms with van der Waals surface area (Å²) >= 11 is 0. The summed E-state index contributed by atoms with van der Waals surface area (Å²) in [5.41, 5.74) is 4.56. The zero-order valence-electron chi connectivity index (χ0n) is 9.82. The number of hydrazine groups is 1. The molecule has 6 nitrogen and oxygen atoms in total. The van der Waals surface area contributed by atoms with Crippen molar-refractivity contribution in [3.63, 3.8) is 0 Å². The predicted octanol–water partition coefficient (Wildman–Crippen LogP) is 0.586. The first-order valence-electron chi connectivity index (χ1n) is 4.66. The van der Waals surface area contributed by atoms with Gasteiger partial charge in [0.25, 0.3) is 0 Å². The van der Waals surface area contributed by atoms with Crippen LogP contribution in [0.25, 0.3) is 0 Å². The van der Waals surface area contributed by atoms with E-state index < -0.39 is 17.2 Å². The molecule has 4 amide bonds. The molecule has 0 atom stereocenters. The Morgan fingerprint density at radius 2 is 1.47 bits per heavy atom. The van der Waals surface area contributed by atoms with Crippen molar-refractivity contribution >= 4 is 29.3 Å². The molecular weight excluding hydrogens is 228 g/mol. The maximum absolute atomic E-state index is 11.2. The molecule has 0 bridgehead atoms. The van der Waals surface area contributed by atoms with E-state index in [9.17, 15) is 9.59 Å². The molecule has 0 heterocycles. The maximum Gasteiger partial charge on any atom is 0.325 e. The molecule has 0 rings (SSSR count). The first kappa shape index (κ1) is 14.0. The van der Waals surface area contributed by atoms with E-state index in [1.807, 2.05) is 32.7 Å². The molecule has 0 aromatic heterocycles. The molecule has 0 aromatic rings. The van der Waals surface area contributed by atoms with Gasteiger partial charge in [-0.05, 0) is 0 Å². The third-order valence-corrected chi connectivity index (χ3v) is 2.85. The van der Waals surface area contributed by atoms with Crippen molar-refractivity contribution < 1.29 is 9.59 Å². The van der Waals surface area contributed by atoms with Gasteiger partial charge in [-0.15, -0.1) is 0 Å². The van der Waals surface area contributed by atoms with Gasteiger partial charge in [0.05, 0.1) is 0 Å². The fraction of sp³-hybridized carbons (Fsp3) is 0.714. The SMILES string of the molecule is C[Si](C)NC(=O)NNC(=O)N[Si](C)(C)C. The molecule has 0 saturated heterocycles. The van der Waals surface area contributed by atoms with Crippen molar-refractivity contribution in [3.8, 4) is 0 Å². The van der Waals surface area contributed by atoms with E-state index >= 15 is 0 Å². The van der Waals surface area contributed by atoms with Crippen molar-refractivity contribution in [1.82, 2.24) is 20.8 Å². The Labute approximate surface area is 92.9 Å². The van der Waals surface area contributed by atoms with Gasteiger partial charge in [0.15, 0.2) is 8.96 Å². The Bertz CT molecular complexity index is 240. The molecule has 1 radical (unpaired) electrons. The van der Waals surface area contributed by atoms with Gasteiger partial charge >= 0.3 is 12.1 Å². The summed E-state index contributed by atoms with van der Waals surface area (Å²) in [6, 6.07) is -0.745. The van der Waals surface area contributed by atoms with Gasteiger partial charge in [0.1, 0.15) is 8.24 Å². The Kier molecular flexibility index (Phi) is 5.36. The van der Waals surface area contributed by atoms with Crippen LogP contribution in [0.15, 0.2) is 0 Å². The molecule has 0 spiro atoms. The van der Waals surface area contributed by atoms with Crippen molar-refractivity contribution in [2.24, 2.45) is 0 Å². The molecule has 0 aliphatic carbocycles. The van der Waals surface area contributed by atoms with Crippen molar-refractivity contribution in [3.05, 3.63) is 0 Å². The average Bonchev–Trinajstić information content (AvgIpc) is 1.96. The van der Waals surface area contributed by atoms with E-state index in [1.54, 1.807) is 0 Å². The fourth-order valence-electron chi connectivity index (χ4n) is 0.744. The second-order valence-corrected chi connectivity index (χ2v) is 11.4. The number of carbonyl (C=O) groups excluding carboxylic acids is 2. The number of urea groups is 2. The second-order valence-electron chi connectivity index (χ2n) is 4.41. The Morgan fingerprint density at radius 3 is 1.87 bits per heavy atom. The van der Waals surface area contributed by atoms with Gasteiger partial charge in [0.2, 0.25) is 0 Å². The number of hydrogen-bond acceptors (Lipinski definition) is 2. The molecule has 0 fully saturated rings. The van der Waals surface area contributed by atoms with Crippen LogP contribution in [0, 0.1) is 0 Å². The van der Waals surface area contributed by atoms with Crippen LogP contribution in [-0.2, 0) is 0 Å². The molecule has 4 N–H and O–H groups in total. The van der Waals surface area contributed by atoms with E-state index in [0.29, 0.717) is 0 Å². The fourth-order valence-corrected chi connectivity index (χ4v) is 2.00. The minimum Gasteiger partial charge on any atom is -0.364 e. The van der Waals surface area contributed by atoms with E-state index in [-0.39, 0.29) is 12.1 Å². The normalized spacial score (nSPS) is 10.8. The van der Waals surface area contributed by atoms with Gasteiger partial charge in [-0.2, -0.15) is 0 Å². The summed E-state index contributed by atoms with van der Waals surface area (Å²) in [6.45, 7) is 9.85. The summed E-state index contributed by atoms with van der Waals surface area (Å²) in [6.07, 6.45) is 0. The maximum atomic E-state index is 11.2. The molecule has 8 heteroatoms. The Balaban J connectivity index is 3.77. The van der Waals surface area contributed by atoms with Gasteiger partial charge < -0.3 is 9.96 Å². The van der Waals surface area contributed by atoms with Crippen molar-refractivity contribution in [2.75, 3.05) is 0 Å². The third-order valence-electron chi connectivity index (χ3n) is 1.14. The van der Waals surface area contributed by atoms with Crippen LogP contribution in [0.5, 0.6) is 0 Å². The van der Waals surface area contributed by atoms with Crippen LogP contribution < -0.4 is 20.8 Å². The average molecular weight is 247 g/mol. The highest BCUT2D eigenvalue weighted by molar-refractivity contribution is 6.75. The quantitative estimate of drug-likeness (QED) is 0.425. The summed E-state index contributed by atoms with van der Waals surface area (Å²) in [4.78, 5) is 27.8. The smallest absolute Gasteiger partial charge is 0.325 e. The first-order valence-corrected chi connectivity index (χ1v) is 10.7. The number of nitrogens with one attached hydrogen (secondary N) is 4. The molecule has 87 valence electrons. The van der Waals surface area contributed by atoms with E-state index in [0.717, 1.165) is 0 Å². The number of hydrogen-bond donors (Lipinski definition) is 4. The van der Waals surface area contributed by atoms with E-state index in [1.165, 1.54) is 0 Å². The zero-order chi connectivity index (χ0) is 12.1. The number of rotatable bonds is 2. The predicted molar refractivity (Wildman–Crippen MR) is 64.2 cm³/mol. The molecule has 0 unspecified atom stereocenters. The van der Waals surface area contributed by atoms with Gasteiger partial charge in [0, 0.05) is 0 Å². The molecular formula is C7H19N4O2Si2. The number of carbonyl (C=O) groups is 2. The highest BCUT2D eigenvalue weighted by Gasteiger charge is 2.16. The lowest BCUT2D eigenvalue weighted by molar-refractivity contribution is 0.229. The van der Waals surface area contributed by atoms with Crippen LogP contribution in [0.1, 0.15) is 0 Å². The zero-order valence-corrected chi connectivity index (χ0v) is 11.8. The monoisotopic (exact) mass is 247 g/mol. The summed E-state index contributed by atoms with van der Waals surface area (Å²) < 4.78 is 0. The molecule has 0 saturated carbocycles. The van der Waals surface area contributed by atoms with Crippen molar-refractivity contribution in [1.29, 1.82) is 0 Å². The minimum atomic E-state index is -1.65. The minimum absolute atomic E-state index is 0.370. The van der Waals surface area contributed by atoms with Crippen LogP contribution in [0.2, 0.25) is 32.7 Å². The van der Waals surface area contributed by atoms with Gasteiger partial charge in [-0.3, -0.25) is 0 Å². The van der Waals surface area contributed by atoms with Crippen LogP contribution in [0.3, 0.4) is 0 Å². The van der Waals surface area contributed by atoms with Crippen LogP contribution in [0.4, 0.5) is 9.59 Å². The highest BCUT2D eigenvalue weighted by Crippen LogP contribution is 1.92. The highest BCUT2D eigenvalue weighted by atomic mass is 28.3. The number of amides is 4. The Hall–Kier alpha value is -1.03. The molecule has 0 aromatic carbocycles. The standard InChI is InChI=1S/C7H19N4O2Si2/c1-14(2)10-6(12)8-9-7(13)11-15(3,4)5/h1-5H3,(H2,8,10,12)(H2,9,11,13). The van der Waals surface area contributed by atoms with Crippen LogP contribution >= 0.6 is 0 Å². The lowest BCUT2D eigenvalue weighted by atomic mass is 11.1. The topological polar surface area (TPSA) is 82.3 Å². The van der Waals surface area contributed by atoms with E-state index in [4.69, 9.17) is 0 Å². The lowest BCUT2D eigenvalue weighted by Gasteiger charge is -2.18. The lowest BCUT2D eigenvalue weighted by Crippen LogP contribution is -2.57. The van der Waals surface area contributed by atoms with Gasteiger partial charge in [-0.1, -0.05) is 32.7 Å². The second kappa shape index (κ2) is 5.76. The first-order chi connectivity index (χ1) is 6.70. The third kappa shape index (κ3) is 9.28. The largest absolute Gasteiger partial charge is 0.364 e. The summed E-state index contributed by atoms with van der Waals surface area (Å²) in [7, 11) is -2.49.